The van der Waals surface area contributed by atoms with Crippen LogP contribution in [-0.4, -0.2) is 30.2 Å². The number of aromatic nitrogens is 2. The van der Waals surface area contributed by atoms with Crippen molar-refractivity contribution in [1.82, 2.24) is 10.2 Å². The average molecular weight is 352 g/mol. The first-order valence-electron chi connectivity index (χ1n) is 7.86. The predicted molar refractivity (Wildman–Crippen MR) is 96.9 cm³/mol. The van der Waals surface area contributed by atoms with Gasteiger partial charge in [0.2, 0.25) is 0 Å². The number of hydrogen-bond acceptors (Lipinski definition) is 4. The minimum absolute atomic E-state index is 0.183. The highest BCUT2D eigenvalue weighted by molar-refractivity contribution is 6.07. The molecule has 0 radical (unpaired) electrons. The summed E-state index contributed by atoms with van der Waals surface area (Å²) in [6.45, 7) is 0. The minimum Gasteiger partial charge on any atom is -0.493 e. The Morgan fingerprint density at radius 3 is 2.50 bits per heavy atom. The number of nitrogens with zero attached hydrogens (tertiary/aromatic N) is 1. The molecule has 0 bridgehead atoms. The number of ketones is 1. The summed E-state index contributed by atoms with van der Waals surface area (Å²) < 4.78 is 23.5. The van der Waals surface area contributed by atoms with Crippen LogP contribution < -0.4 is 9.47 Å². The Kier molecular flexibility index (Phi) is 5.12. The molecule has 1 heterocycles. The predicted octanol–water partition coefficient (Wildman–Crippen LogP) is 4.13. The maximum atomic E-state index is 13.1. The van der Waals surface area contributed by atoms with Gasteiger partial charge in [-0.3, -0.25) is 9.89 Å². The van der Waals surface area contributed by atoms with Crippen molar-refractivity contribution in [1.29, 1.82) is 0 Å². The van der Waals surface area contributed by atoms with E-state index in [-0.39, 0.29) is 11.6 Å². The quantitative estimate of drug-likeness (QED) is 0.535. The lowest BCUT2D eigenvalue weighted by molar-refractivity contribution is 0.104. The van der Waals surface area contributed by atoms with Crippen molar-refractivity contribution in [3.63, 3.8) is 0 Å². The number of hydrogen-bond donors (Lipinski definition) is 1. The highest BCUT2D eigenvalue weighted by Gasteiger charge is 2.10. The Morgan fingerprint density at radius 1 is 1.08 bits per heavy atom. The molecule has 0 fully saturated rings. The molecule has 0 aliphatic carbocycles. The van der Waals surface area contributed by atoms with Gasteiger partial charge in [0, 0.05) is 16.7 Å². The van der Waals surface area contributed by atoms with Crippen molar-refractivity contribution in [2.75, 3.05) is 14.2 Å². The zero-order valence-corrected chi connectivity index (χ0v) is 14.3. The normalized spacial score (nSPS) is 10.9. The Bertz CT molecular complexity index is 946. The fraction of sp³-hybridized carbons (Fsp3) is 0.100. The lowest BCUT2D eigenvalue weighted by atomic mass is 10.1. The van der Waals surface area contributed by atoms with Gasteiger partial charge in [-0.15, -0.1) is 0 Å². The lowest BCUT2D eigenvalue weighted by Gasteiger charge is -2.08. The number of allylic oxidation sites excluding steroid dienone is 1. The van der Waals surface area contributed by atoms with E-state index in [9.17, 15) is 9.18 Å². The second-order valence-electron chi connectivity index (χ2n) is 5.47. The Balaban J connectivity index is 1.84. The summed E-state index contributed by atoms with van der Waals surface area (Å²) in [4.78, 5) is 12.4. The third kappa shape index (κ3) is 3.64. The number of methoxy groups -OCH3 is 2. The highest BCUT2D eigenvalue weighted by Crippen LogP contribution is 2.28. The molecule has 132 valence electrons. The van der Waals surface area contributed by atoms with Crippen LogP contribution in [0.4, 0.5) is 4.39 Å². The van der Waals surface area contributed by atoms with Crippen molar-refractivity contribution < 1.29 is 18.7 Å². The molecular weight excluding hydrogens is 335 g/mol. The SMILES string of the molecule is COc1ccc(C(=O)/C=C/c2cn[nH]c2-c2ccc(F)cc2)cc1OC. The number of carbonyl (C=O) groups is 1. The molecule has 2 aromatic carbocycles. The van der Waals surface area contributed by atoms with Crippen LogP contribution in [0.15, 0.2) is 54.7 Å². The maximum absolute atomic E-state index is 13.1. The van der Waals surface area contributed by atoms with E-state index in [1.807, 2.05) is 0 Å². The molecule has 1 aromatic heterocycles. The number of benzene rings is 2. The summed E-state index contributed by atoms with van der Waals surface area (Å²) in [7, 11) is 3.05. The van der Waals surface area contributed by atoms with Gasteiger partial charge >= 0.3 is 0 Å². The number of ether oxygens (including phenoxy) is 2. The van der Waals surface area contributed by atoms with Gasteiger partial charge in [0.05, 0.1) is 26.1 Å². The number of rotatable bonds is 6. The first-order chi connectivity index (χ1) is 12.6. The van der Waals surface area contributed by atoms with Crippen molar-refractivity contribution in [3.05, 3.63) is 71.7 Å². The summed E-state index contributed by atoms with van der Waals surface area (Å²) in [6.07, 6.45) is 4.73. The number of aromatic amines is 1. The molecule has 3 rings (SSSR count). The van der Waals surface area contributed by atoms with Crippen LogP contribution in [0.2, 0.25) is 0 Å². The van der Waals surface area contributed by atoms with E-state index in [1.165, 1.54) is 32.4 Å². The van der Waals surface area contributed by atoms with E-state index >= 15 is 0 Å². The molecule has 3 aromatic rings. The zero-order valence-electron chi connectivity index (χ0n) is 14.3. The summed E-state index contributed by atoms with van der Waals surface area (Å²) in [5, 5.41) is 6.87. The lowest BCUT2D eigenvalue weighted by Crippen LogP contribution is -1.97. The molecule has 0 saturated heterocycles. The van der Waals surface area contributed by atoms with Gasteiger partial charge < -0.3 is 9.47 Å². The van der Waals surface area contributed by atoms with Gasteiger partial charge in [-0.05, 0) is 54.6 Å². The van der Waals surface area contributed by atoms with Crippen LogP contribution in [0.5, 0.6) is 11.5 Å². The molecule has 1 N–H and O–H groups in total. The van der Waals surface area contributed by atoms with Crippen LogP contribution in [-0.2, 0) is 0 Å². The molecule has 5 nitrogen and oxygen atoms in total. The second kappa shape index (κ2) is 7.65. The second-order valence-corrected chi connectivity index (χ2v) is 5.47. The summed E-state index contributed by atoms with van der Waals surface area (Å²) in [5.41, 5.74) is 2.69. The standard InChI is InChI=1S/C20H17FN2O3/c1-25-18-10-6-14(11-19(18)26-2)17(24)9-5-15-12-22-23-20(15)13-3-7-16(21)8-4-13/h3-12H,1-2H3,(H,22,23)/b9-5+. The van der Waals surface area contributed by atoms with E-state index in [0.717, 1.165) is 11.1 Å². The zero-order chi connectivity index (χ0) is 18.5. The first-order valence-corrected chi connectivity index (χ1v) is 7.86. The van der Waals surface area contributed by atoms with Gasteiger partial charge in [-0.25, -0.2) is 4.39 Å². The molecule has 0 atom stereocenters. The topological polar surface area (TPSA) is 64.2 Å². The van der Waals surface area contributed by atoms with Crippen molar-refractivity contribution in [2.24, 2.45) is 0 Å². The Hall–Kier alpha value is -3.41. The molecule has 26 heavy (non-hydrogen) atoms. The van der Waals surface area contributed by atoms with Crippen molar-refractivity contribution in [3.8, 4) is 22.8 Å². The molecule has 0 amide bonds. The molecular formula is C20H17FN2O3. The smallest absolute Gasteiger partial charge is 0.185 e. The molecule has 0 aliphatic heterocycles. The minimum atomic E-state index is -0.311. The molecule has 0 spiro atoms. The fourth-order valence-corrected chi connectivity index (χ4v) is 2.52. The van der Waals surface area contributed by atoms with Crippen LogP contribution in [0.25, 0.3) is 17.3 Å². The highest BCUT2D eigenvalue weighted by atomic mass is 19.1. The first kappa shape index (κ1) is 17.4. The molecule has 0 saturated carbocycles. The summed E-state index contributed by atoms with van der Waals surface area (Å²) in [5.74, 6) is 0.551. The summed E-state index contributed by atoms with van der Waals surface area (Å²) >= 11 is 0. The van der Waals surface area contributed by atoms with Crippen LogP contribution in [0, 0.1) is 5.82 Å². The van der Waals surface area contributed by atoms with E-state index < -0.39 is 0 Å². The molecule has 6 heteroatoms. The largest absolute Gasteiger partial charge is 0.493 e. The van der Waals surface area contributed by atoms with Crippen LogP contribution >= 0.6 is 0 Å². The van der Waals surface area contributed by atoms with Gasteiger partial charge in [-0.2, -0.15) is 5.10 Å². The van der Waals surface area contributed by atoms with E-state index in [2.05, 4.69) is 10.2 Å². The van der Waals surface area contributed by atoms with Crippen molar-refractivity contribution in [2.45, 2.75) is 0 Å². The fourth-order valence-electron chi connectivity index (χ4n) is 2.52. The van der Waals surface area contributed by atoms with Crippen molar-refractivity contribution >= 4 is 11.9 Å². The number of carbonyl (C=O) groups excluding carboxylic acids is 1. The van der Waals surface area contributed by atoms with Crippen LogP contribution in [0.1, 0.15) is 15.9 Å². The maximum Gasteiger partial charge on any atom is 0.185 e. The van der Waals surface area contributed by atoms with Gasteiger partial charge in [0.15, 0.2) is 17.3 Å². The number of halogens is 1. The number of nitrogens with one attached hydrogen (secondary N) is 1. The average Bonchev–Trinajstić information content (AvgIpc) is 3.14. The number of H-pyrrole nitrogens is 1. The molecule has 0 unspecified atom stereocenters. The van der Waals surface area contributed by atoms with E-state index in [4.69, 9.17) is 9.47 Å². The van der Waals surface area contributed by atoms with Gasteiger partial charge in [-0.1, -0.05) is 0 Å². The van der Waals surface area contributed by atoms with Gasteiger partial charge in [0.25, 0.3) is 0 Å². The molecule has 0 aliphatic rings. The van der Waals surface area contributed by atoms with Gasteiger partial charge in [0.1, 0.15) is 5.82 Å². The summed E-state index contributed by atoms with van der Waals surface area (Å²) in [6, 6.07) is 11.0. The van der Waals surface area contributed by atoms with E-state index in [1.54, 1.807) is 42.6 Å². The Labute approximate surface area is 150 Å². The monoisotopic (exact) mass is 352 g/mol. The Morgan fingerprint density at radius 2 is 1.81 bits per heavy atom. The third-order valence-electron chi connectivity index (χ3n) is 3.88. The third-order valence-corrected chi connectivity index (χ3v) is 3.88. The van der Waals surface area contributed by atoms with E-state index in [0.29, 0.717) is 22.8 Å². The van der Waals surface area contributed by atoms with Crippen LogP contribution in [0.3, 0.4) is 0 Å².